The summed E-state index contributed by atoms with van der Waals surface area (Å²) in [7, 11) is 0. The van der Waals surface area contributed by atoms with Crippen LogP contribution in [0.3, 0.4) is 0 Å². The number of rotatable bonds is 6. The van der Waals surface area contributed by atoms with E-state index in [4.69, 9.17) is 10.2 Å². The van der Waals surface area contributed by atoms with E-state index in [1.165, 1.54) is 52.8 Å². The van der Waals surface area contributed by atoms with Gasteiger partial charge in [0.1, 0.15) is 0 Å². The van der Waals surface area contributed by atoms with Crippen LogP contribution in [0.2, 0.25) is 0 Å². The number of aryl methyl sites for hydroxylation is 1. The maximum atomic E-state index is 9.55. The maximum Gasteiger partial charge on any atom is 0.328 e. The third-order valence-electron chi connectivity index (χ3n) is 5.58. The first-order valence-corrected chi connectivity index (χ1v) is 11.5. The van der Waals surface area contributed by atoms with Crippen molar-refractivity contribution in [2.24, 2.45) is 0 Å². The van der Waals surface area contributed by atoms with Crippen molar-refractivity contribution in [2.75, 3.05) is 13.1 Å². The Morgan fingerprint density at radius 3 is 2.28 bits per heavy atom. The quantitative estimate of drug-likeness (QED) is 0.514. The smallest absolute Gasteiger partial charge is 0.328 e. The minimum absolute atomic E-state index is 0.558. The van der Waals surface area contributed by atoms with Gasteiger partial charge in [0.25, 0.3) is 0 Å². The molecule has 0 radical (unpaired) electrons. The van der Waals surface area contributed by atoms with Crippen molar-refractivity contribution < 1.29 is 19.8 Å². The first-order chi connectivity index (χ1) is 15.5. The molecule has 7 heteroatoms. The van der Waals surface area contributed by atoms with E-state index in [1.54, 1.807) is 11.5 Å². The third-order valence-corrected chi connectivity index (χ3v) is 6.43. The fourth-order valence-corrected chi connectivity index (χ4v) is 4.95. The minimum atomic E-state index is -1.26. The molecule has 2 aromatic carbocycles. The second kappa shape index (κ2) is 11.5. The molecule has 32 heavy (non-hydrogen) atoms. The van der Waals surface area contributed by atoms with Crippen LogP contribution in [-0.2, 0) is 22.6 Å². The van der Waals surface area contributed by atoms with Gasteiger partial charge >= 0.3 is 11.9 Å². The number of hydrogen-bond donors (Lipinski definition) is 2. The summed E-state index contributed by atoms with van der Waals surface area (Å²) < 4.78 is 6.03. The molecule has 1 fully saturated rings. The number of fused-ring (bicyclic) bond motifs is 1. The van der Waals surface area contributed by atoms with Crippen LogP contribution in [0.5, 0.6) is 0 Å². The first-order valence-electron chi connectivity index (χ1n) is 10.7. The van der Waals surface area contributed by atoms with Gasteiger partial charge in [-0.05, 0) is 67.0 Å². The lowest BCUT2D eigenvalue weighted by Crippen LogP contribution is -2.32. The van der Waals surface area contributed by atoms with E-state index in [-0.39, 0.29) is 0 Å². The summed E-state index contributed by atoms with van der Waals surface area (Å²) in [4.78, 5) is 21.7. The Balaban J connectivity index is 0.000000312. The number of benzene rings is 2. The van der Waals surface area contributed by atoms with E-state index in [2.05, 4.69) is 64.7 Å². The van der Waals surface area contributed by atoms with Crippen LogP contribution in [-0.4, -0.2) is 44.5 Å². The van der Waals surface area contributed by atoms with Crippen molar-refractivity contribution in [1.29, 1.82) is 0 Å². The molecule has 0 unspecified atom stereocenters. The van der Waals surface area contributed by atoms with Gasteiger partial charge < -0.3 is 10.2 Å². The molecule has 0 bridgehead atoms. The predicted molar refractivity (Wildman–Crippen MR) is 127 cm³/mol. The lowest BCUT2D eigenvalue weighted by molar-refractivity contribution is -0.134. The predicted octanol–water partition coefficient (Wildman–Crippen LogP) is 4.95. The molecule has 3 aromatic rings. The van der Waals surface area contributed by atoms with Gasteiger partial charge in [-0.25, -0.2) is 9.59 Å². The normalized spacial score (nSPS) is 14.9. The Labute approximate surface area is 192 Å². The Hall–Kier alpha value is -3.03. The van der Waals surface area contributed by atoms with Gasteiger partial charge in [-0.2, -0.15) is 4.37 Å². The molecule has 1 aromatic heterocycles. The van der Waals surface area contributed by atoms with E-state index >= 15 is 0 Å². The third kappa shape index (κ3) is 6.48. The Morgan fingerprint density at radius 2 is 1.69 bits per heavy atom. The van der Waals surface area contributed by atoms with E-state index in [1.807, 2.05) is 0 Å². The zero-order valence-corrected chi connectivity index (χ0v) is 18.9. The van der Waals surface area contributed by atoms with Crippen LogP contribution in [0.1, 0.15) is 42.5 Å². The summed E-state index contributed by atoms with van der Waals surface area (Å²) in [6.45, 7) is 5.68. The molecule has 1 aliphatic heterocycles. The largest absolute Gasteiger partial charge is 0.478 e. The van der Waals surface area contributed by atoms with E-state index in [0.29, 0.717) is 18.1 Å². The molecule has 4 rings (SSSR count). The molecule has 1 saturated heterocycles. The molecule has 2 heterocycles. The minimum Gasteiger partial charge on any atom is -0.478 e. The Morgan fingerprint density at radius 1 is 1.03 bits per heavy atom. The van der Waals surface area contributed by atoms with Crippen LogP contribution in [0.4, 0.5) is 0 Å². The number of hydrogen-bond acceptors (Lipinski definition) is 5. The first kappa shape index (κ1) is 23.6. The Bertz CT molecular complexity index is 1050. The summed E-state index contributed by atoms with van der Waals surface area (Å²) >= 11 is 1.66. The highest BCUT2D eigenvalue weighted by molar-refractivity contribution is 7.13. The number of aromatic nitrogens is 1. The average molecular weight is 453 g/mol. The van der Waals surface area contributed by atoms with Crippen molar-refractivity contribution in [3.05, 3.63) is 77.5 Å². The molecule has 2 N–H and O–H groups in total. The summed E-state index contributed by atoms with van der Waals surface area (Å²) in [5, 5.41) is 17.1. The number of carboxylic acid groups (broad SMARTS) is 2. The Kier molecular flexibility index (Phi) is 8.53. The molecule has 0 amide bonds. The van der Waals surface area contributed by atoms with Gasteiger partial charge in [0.2, 0.25) is 0 Å². The zero-order valence-electron chi connectivity index (χ0n) is 18.1. The molecular formula is C25H28N2O4S. The van der Waals surface area contributed by atoms with Crippen LogP contribution >= 0.6 is 11.5 Å². The number of carbonyl (C=O) groups is 2. The lowest BCUT2D eigenvalue weighted by Gasteiger charge is -2.32. The van der Waals surface area contributed by atoms with E-state index < -0.39 is 11.9 Å². The fourth-order valence-electron chi connectivity index (χ4n) is 4.05. The number of piperidine rings is 1. The second-order valence-corrected chi connectivity index (χ2v) is 8.55. The van der Waals surface area contributed by atoms with Gasteiger partial charge in [0.05, 0.1) is 10.4 Å². The van der Waals surface area contributed by atoms with E-state index in [0.717, 1.165) is 13.0 Å². The number of carboxylic acids is 2. The molecule has 168 valence electrons. The average Bonchev–Trinajstić information content (AvgIpc) is 3.23. The van der Waals surface area contributed by atoms with Gasteiger partial charge in [-0.3, -0.25) is 4.90 Å². The summed E-state index contributed by atoms with van der Waals surface area (Å²) in [6.07, 6.45) is 4.66. The maximum absolute atomic E-state index is 9.55. The topological polar surface area (TPSA) is 90.7 Å². The number of nitrogens with zero attached hydrogens (tertiary/aromatic N) is 2. The monoisotopic (exact) mass is 452 g/mol. The fraction of sp³-hybridized carbons (Fsp3) is 0.320. The second-order valence-electron chi connectivity index (χ2n) is 7.75. The van der Waals surface area contributed by atoms with Crippen molar-refractivity contribution >= 4 is 33.6 Å². The van der Waals surface area contributed by atoms with Crippen LogP contribution in [0.25, 0.3) is 10.1 Å². The van der Waals surface area contributed by atoms with Gasteiger partial charge in [0.15, 0.2) is 0 Å². The van der Waals surface area contributed by atoms with Crippen LogP contribution in [0, 0.1) is 0 Å². The standard InChI is InChI=1S/C21H24N2S.C4H4O4/c1-2-19-21-18(9-6-10-20(21)24-22-19)17-11-13-23(14-12-17)15-16-7-4-3-5-8-16;5-3(6)1-2-4(7)8/h3-10,17H,2,11-15H2,1H3;1-2H,(H,5,6)(H,7,8). The van der Waals surface area contributed by atoms with E-state index in [9.17, 15) is 9.59 Å². The summed E-state index contributed by atoms with van der Waals surface area (Å²) in [5.41, 5.74) is 4.25. The molecule has 0 atom stereocenters. The SMILES string of the molecule is CCc1nsc2cccc(C3CCN(Cc4ccccc4)CC3)c12.O=C(O)C=CC(=O)O. The molecule has 0 spiro atoms. The van der Waals surface area contributed by atoms with Crippen LogP contribution < -0.4 is 0 Å². The summed E-state index contributed by atoms with van der Waals surface area (Å²) in [5.74, 6) is -1.83. The van der Waals surface area contributed by atoms with Crippen molar-refractivity contribution in [3.63, 3.8) is 0 Å². The summed E-state index contributed by atoms with van der Waals surface area (Å²) in [6, 6.07) is 17.6. The molecule has 1 aliphatic rings. The molecule has 6 nitrogen and oxygen atoms in total. The van der Waals surface area contributed by atoms with Crippen molar-refractivity contribution in [1.82, 2.24) is 9.27 Å². The highest BCUT2D eigenvalue weighted by atomic mass is 32.1. The highest BCUT2D eigenvalue weighted by Gasteiger charge is 2.23. The van der Waals surface area contributed by atoms with Crippen molar-refractivity contribution in [3.8, 4) is 0 Å². The number of aliphatic carboxylic acids is 2. The molecular weight excluding hydrogens is 424 g/mol. The van der Waals surface area contributed by atoms with Crippen LogP contribution in [0.15, 0.2) is 60.7 Å². The molecule has 0 aliphatic carbocycles. The zero-order chi connectivity index (χ0) is 22.9. The van der Waals surface area contributed by atoms with Gasteiger partial charge in [-0.15, -0.1) is 0 Å². The molecule has 0 saturated carbocycles. The number of likely N-dealkylation sites (tertiary alicyclic amines) is 1. The van der Waals surface area contributed by atoms with Gasteiger partial charge in [-0.1, -0.05) is 49.4 Å². The van der Waals surface area contributed by atoms with Gasteiger partial charge in [0, 0.05) is 24.1 Å². The highest BCUT2D eigenvalue weighted by Crippen LogP contribution is 2.36. The van der Waals surface area contributed by atoms with Crippen molar-refractivity contribution in [2.45, 2.75) is 38.6 Å². The lowest BCUT2D eigenvalue weighted by atomic mass is 9.86.